The molecule has 2 aliphatic rings. The maximum absolute atomic E-state index is 12.8. The molecule has 0 radical (unpaired) electrons. The molecule has 0 unspecified atom stereocenters. The Morgan fingerprint density at radius 1 is 0.889 bits per heavy atom. The summed E-state index contributed by atoms with van der Waals surface area (Å²) >= 11 is 1.50. The first-order chi connectivity index (χ1) is 21.5. The molecule has 244 valence electrons. The zero-order chi connectivity index (χ0) is 32.9. The Hall–Kier alpha value is -3.54. The molecular weight excluding hydrogens is 586 g/mol. The molecule has 0 bridgehead atoms. The van der Waals surface area contributed by atoms with Crippen LogP contribution >= 0.6 is 11.3 Å². The van der Waals surface area contributed by atoms with Crippen LogP contribution in [0.15, 0.2) is 23.7 Å². The van der Waals surface area contributed by atoms with Crippen LogP contribution in [0.1, 0.15) is 102 Å². The number of hydrogen-bond acceptors (Lipinski definition) is 8. The van der Waals surface area contributed by atoms with Crippen molar-refractivity contribution >= 4 is 39.3 Å². The van der Waals surface area contributed by atoms with E-state index >= 15 is 0 Å². The normalized spacial score (nSPS) is 22.7. The molecule has 4 rings (SSSR count). The summed E-state index contributed by atoms with van der Waals surface area (Å²) in [4.78, 5) is 41.8. The van der Waals surface area contributed by atoms with Crippen molar-refractivity contribution in [2.24, 2.45) is 29.4 Å². The lowest BCUT2D eigenvalue weighted by molar-refractivity contribution is -0.127. The smallest absolute Gasteiger partial charge is 0.251 e. The maximum Gasteiger partial charge on any atom is 0.251 e. The van der Waals surface area contributed by atoms with Crippen molar-refractivity contribution < 1.29 is 14.4 Å². The van der Waals surface area contributed by atoms with Crippen molar-refractivity contribution in [2.45, 2.75) is 116 Å². The predicted octanol–water partition coefficient (Wildman–Crippen LogP) is 5.20. The van der Waals surface area contributed by atoms with E-state index in [0.717, 1.165) is 61.6 Å². The number of carbonyl (C=O) groups is 3. The number of rotatable bonds is 10. The molecule has 2 aliphatic carbocycles. The second-order valence-corrected chi connectivity index (χ2v) is 14.1. The number of nitrogens with zero attached hydrogens (tertiary/aromatic N) is 3. The fourth-order valence-corrected chi connectivity index (χ4v) is 6.86. The van der Waals surface area contributed by atoms with Gasteiger partial charge in [0.05, 0.1) is 39.7 Å². The molecule has 5 N–H and O–H groups in total. The van der Waals surface area contributed by atoms with E-state index in [0.29, 0.717) is 30.2 Å². The Morgan fingerprint density at radius 3 is 2.02 bits per heavy atom. The molecule has 3 amide bonds. The zero-order valence-corrected chi connectivity index (χ0v) is 27.9. The highest BCUT2D eigenvalue weighted by atomic mass is 32.1. The average Bonchev–Trinajstić information content (AvgIpc) is 3.49. The van der Waals surface area contributed by atoms with Gasteiger partial charge in [-0.1, -0.05) is 53.4 Å². The second-order valence-electron chi connectivity index (χ2n) is 13.2. The molecule has 10 nitrogen and oxygen atoms in total. The van der Waals surface area contributed by atoms with E-state index in [1.165, 1.54) is 11.3 Å². The first-order valence-corrected chi connectivity index (χ1v) is 17.2. The number of carbonyl (C=O) groups excluding carboxylic acids is 3. The summed E-state index contributed by atoms with van der Waals surface area (Å²) < 4.78 is 0.969. The molecule has 1 aromatic carbocycles. The van der Waals surface area contributed by atoms with Crippen LogP contribution in [-0.4, -0.2) is 46.9 Å². The molecule has 0 aliphatic heterocycles. The van der Waals surface area contributed by atoms with Gasteiger partial charge in [0.2, 0.25) is 11.8 Å². The minimum atomic E-state index is -0.487. The summed E-state index contributed by atoms with van der Waals surface area (Å²) in [6, 6.07) is 8.66. The largest absolute Gasteiger partial charge is 0.349 e. The maximum atomic E-state index is 12.8. The Labute approximate surface area is 271 Å². The molecule has 45 heavy (non-hydrogen) atoms. The number of nitrogens with two attached hydrogens (primary N) is 1. The Bertz CT molecular complexity index is 1360. The van der Waals surface area contributed by atoms with Gasteiger partial charge in [-0.2, -0.15) is 10.5 Å². The minimum Gasteiger partial charge on any atom is -0.349 e. The van der Waals surface area contributed by atoms with Gasteiger partial charge in [-0.05, 0) is 68.6 Å². The average molecular weight is 636 g/mol. The van der Waals surface area contributed by atoms with Crippen LogP contribution < -0.4 is 21.7 Å². The van der Waals surface area contributed by atoms with Crippen LogP contribution in [0.3, 0.4) is 0 Å². The van der Waals surface area contributed by atoms with Crippen molar-refractivity contribution in [2.75, 3.05) is 0 Å². The molecule has 0 spiro atoms. The SMILES string of the molecule is CC(C)C[C@@H](C#N)NC(=O)[C@@H]1CCCC[C@@H]1N.CC(C)C[C@@H](C#N)NC(=O)[C@@H]1CCCC[C@@H]1NC(=O)c1ccc2ncsc2c1. The minimum absolute atomic E-state index is 0.0376. The first kappa shape index (κ1) is 35.9. The van der Waals surface area contributed by atoms with Gasteiger partial charge in [-0.15, -0.1) is 11.3 Å². The molecule has 6 atom stereocenters. The fraction of sp³-hybridized carbons (Fsp3) is 0.647. The lowest BCUT2D eigenvalue weighted by atomic mass is 9.83. The van der Waals surface area contributed by atoms with Gasteiger partial charge in [-0.25, -0.2) is 4.98 Å². The van der Waals surface area contributed by atoms with Gasteiger partial charge in [0.1, 0.15) is 12.1 Å². The molecule has 2 saturated carbocycles. The van der Waals surface area contributed by atoms with Gasteiger partial charge in [0.25, 0.3) is 5.91 Å². The van der Waals surface area contributed by atoms with E-state index in [1.54, 1.807) is 11.6 Å². The number of nitriles is 2. The Morgan fingerprint density at radius 2 is 1.44 bits per heavy atom. The first-order valence-electron chi connectivity index (χ1n) is 16.3. The van der Waals surface area contributed by atoms with Gasteiger partial charge in [-0.3, -0.25) is 14.4 Å². The van der Waals surface area contributed by atoms with Crippen molar-refractivity contribution in [1.82, 2.24) is 20.9 Å². The highest BCUT2D eigenvalue weighted by Crippen LogP contribution is 2.26. The monoisotopic (exact) mass is 635 g/mol. The summed E-state index contributed by atoms with van der Waals surface area (Å²) in [5, 5.41) is 27.1. The molecule has 2 fully saturated rings. The van der Waals surface area contributed by atoms with E-state index in [1.807, 2.05) is 39.8 Å². The molecule has 11 heteroatoms. The number of nitrogens with one attached hydrogen (secondary N) is 3. The van der Waals surface area contributed by atoms with Crippen molar-refractivity contribution in [1.29, 1.82) is 10.5 Å². The van der Waals surface area contributed by atoms with Crippen LogP contribution in [0.5, 0.6) is 0 Å². The third kappa shape index (κ3) is 11.1. The summed E-state index contributed by atoms with van der Waals surface area (Å²) in [7, 11) is 0. The summed E-state index contributed by atoms with van der Waals surface area (Å²) in [5.74, 6) is -0.00780. The third-order valence-corrected chi connectivity index (χ3v) is 9.32. The number of fused-ring (bicyclic) bond motifs is 1. The fourth-order valence-electron chi connectivity index (χ4n) is 6.14. The van der Waals surface area contributed by atoms with E-state index in [-0.39, 0.29) is 47.7 Å². The third-order valence-electron chi connectivity index (χ3n) is 8.53. The van der Waals surface area contributed by atoms with E-state index in [4.69, 9.17) is 11.0 Å². The molecule has 1 aromatic heterocycles. The number of hydrogen-bond donors (Lipinski definition) is 4. The van der Waals surface area contributed by atoms with Crippen LogP contribution in [0.2, 0.25) is 0 Å². The summed E-state index contributed by atoms with van der Waals surface area (Å²) in [6.07, 6.45) is 8.71. The van der Waals surface area contributed by atoms with Gasteiger partial charge in [0, 0.05) is 17.6 Å². The number of benzene rings is 1. The predicted molar refractivity (Wildman–Crippen MR) is 177 cm³/mol. The zero-order valence-electron chi connectivity index (χ0n) is 27.1. The van der Waals surface area contributed by atoms with E-state index in [2.05, 4.69) is 33.1 Å². The van der Waals surface area contributed by atoms with Crippen LogP contribution in [0.4, 0.5) is 0 Å². The topological polar surface area (TPSA) is 174 Å². The lowest BCUT2D eigenvalue weighted by Crippen LogP contribution is -2.50. The Kier molecular flexibility index (Phi) is 14.2. The second kappa shape index (κ2) is 17.8. The van der Waals surface area contributed by atoms with E-state index in [9.17, 15) is 19.6 Å². The van der Waals surface area contributed by atoms with Crippen LogP contribution in [-0.2, 0) is 9.59 Å². The standard InChI is InChI=1S/C21H26N4O2S.C13H23N3O/c1-13(2)9-15(11-22)24-21(27)16-5-3-4-6-17(16)25-20(26)14-7-8-18-19(10-14)28-12-23-18;1-9(2)7-10(8-14)16-13(17)11-5-3-4-6-12(11)15/h7-8,10,12-13,15-17H,3-6,9H2,1-2H3,(H,24,27)(H,25,26);9-12H,3-7,15H2,1-2H3,(H,16,17)/t15-,16+,17-;10-,11+,12-/m00/s1. The quantitative estimate of drug-likeness (QED) is 0.278. The lowest BCUT2D eigenvalue weighted by Gasteiger charge is -2.32. The Balaban J connectivity index is 0.000000279. The van der Waals surface area contributed by atoms with Crippen LogP contribution in [0.25, 0.3) is 10.2 Å². The van der Waals surface area contributed by atoms with Crippen molar-refractivity contribution in [3.63, 3.8) is 0 Å². The van der Waals surface area contributed by atoms with Crippen molar-refractivity contribution in [3.8, 4) is 12.1 Å². The van der Waals surface area contributed by atoms with Gasteiger partial charge < -0.3 is 21.7 Å². The van der Waals surface area contributed by atoms with E-state index < -0.39 is 6.04 Å². The van der Waals surface area contributed by atoms with Gasteiger partial charge >= 0.3 is 0 Å². The number of thiazole rings is 1. The highest BCUT2D eigenvalue weighted by Gasteiger charge is 2.33. The molecule has 0 saturated heterocycles. The molecule has 2 aromatic rings. The summed E-state index contributed by atoms with van der Waals surface area (Å²) in [5.41, 5.74) is 9.17. The summed E-state index contributed by atoms with van der Waals surface area (Å²) in [6.45, 7) is 8.14. The number of amides is 3. The van der Waals surface area contributed by atoms with Gasteiger partial charge in [0.15, 0.2) is 0 Å². The van der Waals surface area contributed by atoms with Crippen LogP contribution in [0, 0.1) is 46.3 Å². The number of aromatic nitrogens is 1. The van der Waals surface area contributed by atoms with Crippen molar-refractivity contribution in [3.05, 3.63) is 29.3 Å². The molecular formula is C34H49N7O3S. The molecule has 1 heterocycles. The highest BCUT2D eigenvalue weighted by molar-refractivity contribution is 7.16.